The highest BCUT2D eigenvalue weighted by atomic mass is 16.5. The van der Waals surface area contributed by atoms with Crippen LogP contribution < -0.4 is 0 Å². The maximum Gasteiger partial charge on any atom is 0.305 e. The number of carbonyl (C=O) groups excluding carboxylic acids is 2. The summed E-state index contributed by atoms with van der Waals surface area (Å²) in [5.74, 6) is 0.707. The zero-order valence-corrected chi connectivity index (χ0v) is 18.8. The van der Waals surface area contributed by atoms with Gasteiger partial charge in [-0.05, 0) is 50.4 Å². The van der Waals surface area contributed by atoms with Gasteiger partial charge in [-0.3, -0.25) is 9.59 Å². The fourth-order valence-electron chi connectivity index (χ4n) is 2.67. The first-order chi connectivity index (χ1) is 13.4. The van der Waals surface area contributed by atoms with Crippen molar-refractivity contribution in [1.82, 2.24) is 0 Å². The van der Waals surface area contributed by atoms with Gasteiger partial charge in [-0.2, -0.15) is 0 Å². The molecule has 0 amide bonds. The van der Waals surface area contributed by atoms with Crippen molar-refractivity contribution in [2.24, 2.45) is 11.8 Å². The van der Waals surface area contributed by atoms with Crippen molar-refractivity contribution < 1.29 is 19.1 Å². The molecule has 0 unspecified atom stereocenters. The molecule has 0 aliphatic rings. The summed E-state index contributed by atoms with van der Waals surface area (Å²) in [7, 11) is 0. The van der Waals surface area contributed by atoms with Crippen LogP contribution in [-0.2, 0) is 19.1 Å². The molecule has 0 saturated carbocycles. The van der Waals surface area contributed by atoms with Crippen molar-refractivity contribution >= 4 is 11.9 Å². The van der Waals surface area contributed by atoms with Crippen molar-refractivity contribution in [1.29, 1.82) is 0 Å². The average molecular weight is 397 g/mol. The third-order valence-corrected chi connectivity index (χ3v) is 4.33. The molecule has 0 aromatic rings. The van der Waals surface area contributed by atoms with Crippen LogP contribution in [0.2, 0.25) is 0 Å². The molecule has 0 rings (SSSR count). The molecule has 0 spiro atoms. The highest BCUT2D eigenvalue weighted by Crippen LogP contribution is 2.10. The van der Waals surface area contributed by atoms with Crippen LogP contribution in [-0.4, -0.2) is 25.2 Å². The van der Waals surface area contributed by atoms with Gasteiger partial charge in [-0.15, -0.1) is 0 Å². The smallest absolute Gasteiger partial charge is 0.305 e. The van der Waals surface area contributed by atoms with Crippen LogP contribution in [0.3, 0.4) is 0 Å². The van der Waals surface area contributed by atoms with Crippen LogP contribution in [0.4, 0.5) is 0 Å². The third-order valence-electron chi connectivity index (χ3n) is 4.33. The Morgan fingerprint density at radius 2 is 0.964 bits per heavy atom. The van der Waals surface area contributed by atoms with Crippen molar-refractivity contribution in [2.45, 2.75) is 105 Å². The highest BCUT2D eigenvalue weighted by molar-refractivity contribution is 5.69. The van der Waals surface area contributed by atoms with Crippen molar-refractivity contribution in [2.75, 3.05) is 13.2 Å². The van der Waals surface area contributed by atoms with Gasteiger partial charge in [-0.25, -0.2) is 0 Å². The summed E-state index contributed by atoms with van der Waals surface area (Å²) in [6.45, 7) is 9.27. The van der Waals surface area contributed by atoms with Crippen molar-refractivity contribution in [3.05, 3.63) is 12.2 Å². The molecule has 0 saturated heterocycles. The monoisotopic (exact) mass is 396 g/mol. The van der Waals surface area contributed by atoms with Crippen molar-refractivity contribution in [3.63, 3.8) is 0 Å². The quantitative estimate of drug-likeness (QED) is 0.148. The van der Waals surface area contributed by atoms with E-state index in [2.05, 4.69) is 26.0 Å². The van der Waals surface area contributed by atoms with Gasteiger partial charge in [0.2, 0.25) is 0 Å². The fourth-order valence-corrected chi connectivity index (χ4v) is 2.67. The molecule has 0 fully saturated rings. The first kappa shape index (κ1) is 26.7. The molecule has 0 aliphatic carbocycles. The van der Waals surface area contributed by atoms with Gasteiger partial charge in [-0.1, -0.05) is 65.5 Å². The fraction of sp³-hybridized carbons (Fsp3) is 0.833. The molecule has 0 aromatic carbocycles. The van der Waals surface area contributed by atoms with Crippen LogP contribution in [0.1, 0.15) is 105 Å². The van der Waals surface area contributed by atoms with E-state index in [-0.39, 0.29) is 11.9 Å². The number of carbonyl (C=O) groups is 2. The Kier molecular flexibility index (Phi) is 18.1. The molecule has 0 N–H and O–H groups in total. The molecular weight excluding hydrogens is 352 g/mol. The predicted octanol–water partition coefficient (Wildman–Crippen LogP) is 6.62. The van der Waals surface area contributed by atoms with Crippen LogP contribution >= 0.6 is 0 Å². The summed E-state index contributed by atoms with van der Waals surface area (Å²) in [5.41, 5.74) is 0. The lowest BCUT2D eigenvalue weighted by atomic mass is 10.1. The summed E-state index contributed by atoms with van der Waals surface area (Å²) in [5, 5.41) is 0. The normalized spacial score (nSPS) is 11.5. The third kappa shape index (κ3) is 21.0. The molecule has 0 bridgehead atoms. The standard InChI is InChI=1S/C24H44O4/c1-21(2)19-27-23(25)17-15-13-11-9-7-5-6-8-10-12-14-16-18-24(26)28-20-22(3)4/h7,9,21-22H,5-6,8,10-20H2,1-4H3/b9-7+. The van der Waals surface area contributed by atoms with Gasteiger partial charge in [0, 0.05) is 12.8 Å². The van der Waals surface area contributed by atoms with E-state index < -0.39 is 0 Å². The predicted molar refractivity (Wildman–Crippen MR) is 116 cm³/mol. The van der Waals surface area contributed by atoms with E-state index in [9.17, 15) is 9.59 Å². The highest BCUT2D eigenvalue weighted by Gasteiger charge is 2.04. The summed E-state index contributed by atoms with van der Waals surface area (Å²) in [6.07, 6.45) is 16.7. The molecule has 28 heavy (non-hydrogen) atoms. The molecule has 0 heterocycles. The maximum absolute atomic E-state index is 11.5. The topological polar surface area (TPSA) is 52.6 Å². The lowest BCUT2D eigenvalue weighted by Crippen LogP contribution is -2.09. The molecule has 4 nitrogen and oxygen atoms in total. The van der Waals surface area contributed by atoms with Crippen LogP contribution in [0.5, 0.6) is 0 Å². The van der Waals surface area contributed by atoms with Gasteiger partial charge in [0.05, 0.1) is 13.2 Å². The molecule has 0 aromatic heterocycles. The Hall–Kier alpha value is -1.32. The van der Waals surface area contributed by atoms with Gasteiger partial charge < -0.3 is 9.47 Å². The van der Waals surface area contributed by atoms with E-state index >= 15 is 0 Å². The number of ether oxygens (including phenoxy) is 2. The van der Waals surface area contributed by atoms with E-state index in [1.165, 1.54) is 25.7 Å². The summed E-state index contributed by atoms with van der Waals surface area (Å²) in [4.78, 5) is 23.0. The summed E-state index contributed by atoms with van der Waals surface area (Å²) in [6, 6.07) is 0. The number of hydrogen-bond donors (Lipinski definition) is 0. The Labute approximate surface area is 173 Å². The lowest BCUT2D eigenvalue weighted by Gasteiger charge is -2.06. The number of esters is 2. The largest absolute Gasteiger partial charge is 0.465 e. The minimum atomic E-state index is -0.0647. The molecule has 0 radical (unpaired) electrons. The first-order valence-electron chi connectivity index (χ1n) is 11.4. The van der Waals surface area contributed by atoms with Gasteiger partial charge in [0.1, 0.15) is 0 Å². The second-order valence-electron chi connectivity index (χ2n) is 8.53. The summed E-state index contributed by atoms with van der Waals surface area (Å²) >= 11 is 0. The zero-order valence-electron chi connectivity index (χ0n) is 18.8. The Bertz CT molecular complexity index is 413. The van der Waals surface area contributed by atoms with Crippen LogP contribution in [0.25, 0.3) is 0 Å². The Morgan fingerprint density at radius 1 is 0.607 bits per heavy atom. The van der Waals surface area contributed by atoms with E-state index in [1.54, 1.807) is 0 Å². The van der Waals surface area contributed by atoms with Crippen LogP contribution in [0.15, 0.2) is 12.2 Å². The molecule has 4 heteroatoms. The van der Waals surface area contributed by atoms with E-state index in [0.717, 1.165) is 38.5 Å². The number of rotatable bonds is 18. The molecule has 164 valence electrons. The molecule has 0 atom stereocenters. The second kappa shape index (κ2) is 19.0. The molecule has 0 aliphatic heterocycles. The number of hydrogen-bond acceptors (Lipinski definition) is 4. The SMILES string of the molecule is CC(C)COC(=O)CCCC/C=C/CCCCCCCCC(=O)OCC(C)C. The van der Waals surface area contributed by atoms with Gasteiger partial charge in [0.15, 0.2) is 0 Å². The minimum Gasteiger partial charge on any atom is -0.465 e. The van der Waals surface area contributed by atoms with Crippen molar-refractivity contribution in [3.8, 4) is 0 Å². The van der Waals surface area contributed by atoms with Gasteiger partial charge in [0.25, 0.3) is 0 Å². The minimum absolute atomic E-state index is 0.0497. The molecular formula is C24H44O4. The Balaban J connectivity index is 3.30. The Morgan fingerprint density at radius 3 is 1.43 bits per heavy atom. The summed E-state index contributed by atoms with van der Waals surface area (Å²) < 4.78 is 10.3. The van der Waals surface area contributed by atoms with E-state index in [0.29, 0.717) is 37.9 Å². The van der Waals surface area contributed by atoms with E-state index in [4.69, 9.17) is 9.47 Å². The first-order valence-corrected chi connectivity index (χ1v) is 11.4. The number of unbranched alkanes of at least 4 members (excludes halogenated alkanes) is 8. The lowest BCUT2D eigenvalue weighted by molar-refractivity contribution is -0.145. The van der Waals surface area contributed by atoms with E-state index in [1.807, 2.05) is 13.8 Å². The van der Waals surface area contributed by atoms with Crippen LogP contribution in [0, 0.1) is 11.8 Å². The second-order valence-corrected chi connectivity index (χ2v) is 8.53. The van der Waals surface area contributed by atoms with Gasteiger partial charge >= 0.3 is 11.9 Å². The number of allylic oxidation sites excluding steroid dienone is 2. The average Bonchev–Trinajstić information content (AvgIpc) is 2.64. The zero-order chi connectivity index (χ0) is 21.0. The maximum atomic E-state index is 11.5.